The number of hydrogen-bond acceptors (Lipinski definition) is 4. The number of nitrogens with one attached hydrogen (secondary N) is 1. The molecule has 2 amide bonds. The van der Waals surface area contributed by atoms with Gasteiger partial charge in [0.1, 0.15) is 6.04 Å². The number of hydrogen-bond donors (Lipinski definition) is 2. The molecule has 6 nitrogen and oxygen atoms in total. The van der Waals surface area contributed by atoms with E-state index in [2.05, 4.69) is 5.32 Å². The molecule has 0 aromatic heterocycles. The summed E-state index contributed by atoms with van der Waals surface area (Å²) in [6, 6.07) is -1.09. The molecule has 1 saturated heterocycles. The van der Waals surface area contributed by atoms with Crippen molar-refractivity contribution in [1.29, 1.82) is 0 Å². The summed E-state index contributed by atoms with van der Waals surface area (Å²) in [5, 5.41) is 11.7. The maximum absolute atomic E-state index is 12.0. The van der Waals surface area contributed by atoms with Crippen LogP contribution in [0.25, 0.3) is 0 Å². The summed E-state index contributed by atoms with van der Waals surface area (Å²) in [6.45, 7) is 1.22. The van der Waals surface area contributed by atoms with Crippen molar-refractivity contribution < 1.29 is 19.4 Å². The van der Waals surface area contributed by atoms with Gasteiger partial charge in [0, 0.05) is 20.2 Å². The van der Waals surface area contributed by atoms with Crippen molar-refractivity contribution in [2.45, 2.75) is 31.4 Å². The Morgan fingerprint density at radius 1 is 1.47 bits per heavy atom. The Labute approximate surface area is 117 Å². The first-order valence-corrected chi connectivity index (χ1v) is 7.77. The third-order valence-corrected chi connectivity index (χ3v) is 3.91. The zero-order chi connectivity index (χ0) is 14.3. The molecule has 19 heavy (non-hydrogen) atoms. The van der Waals surface area contributed by atoms with Crippen molar-refractivity contribution in [2.75, 3.05) is 32.2 Å². The lowest BCUT2D eigenvalue weighted by Gasteiger charge is -2.32. The molecule has 0 aromatic carbocycles. The molecule has 0 saturated carbocycles. The van der Waals surface area contributed by atoms with E-state index in [1.165, 1.54) is 0 Å². The number of carbonyl (C=O) groups excluding carboxylic acids is 1. The van der Waals surface area contributed by atoms with Gasteiger partial charge in [-0.2, -0.15) is 11.8 Å². The highest BCUT2D eigenvalue weighted by molar-refractivity contribution is 7.98. The van der Waals surface area contributed by atoms with E-state index < -0.39 is 12.0 Å². The smallest absolute Gasteiger partial charge is 0.326 e. The number of thioether (sulfide) groups is 1. The van der Waals surface area contributed by atoms with E-state index in [0.717, 1.165) is 12.8 Å². The van der Waals surface area contributed by atoms with E-state index in [1.54, 1.807) is 23.8 Å². The minimum atomic E-state index is -0.978. The molecule has 1 rings (SSSR count). The third-order valence-electron chi connectivity index (χ3n) is 3.27. The number of urea groups is 1. The van der Waals surface area contributed by atoms with Crippen LogP contribution >= 0.6 is 11.8 Å². The van der Waals surface area contributed by atoms with Gasteiger partial charge in [0.2, 0.25) is 0 Å². The Kier molecular flexibility index (Phi) is 7.01. The van der Waals surface area contributed by atoms with Crippen LogP contribution in [-0.2, 0) is 9.53 Å². The molecule has 1 aliphatic heterocycles. The highest BCUT2D eigenvalue weighted by Gasteiger charge is 2.26. The van der Waals surface area contributed by atoms with Gasteiger partial charge in [-0.1, -0.05) is 0 Å². The maximum atomic E-state index is 12.0. The van der Waals surface area contributed by atoms with Gasteiger partial charge in [-0.25, -0.2) is 9.59 Å². The normalized spacial score (nSPS) is 18.1. The van der Waals surface area contributed by atoms with E-state index in [4.69, 9.17) is 9.84 Å². The molecular weight excluding hydrogens is 268 g/mol. The van der Waals surface area contributed by atoms with Crippen molar-refractivity contribution in [3.8, 4) is 0 Å². The van der Waals surface area contributed by atoms with Crippen molar-refractivity contribution in [1.82, 2.24) is 10.2 Å². The second kappa shape index (κ2) is 8.27. The van der Waals surface area contributed by atoms with Crippen LogP contribution in [0.2, 0.25) is 0 Å². The van der Waals surface area contributed by atoms with Gasteiger partial charge >= 0.3 is 12.0 Å². The molecule has 0 aliphatic carbocycles. The van der Waals surface area contributed by atoms with Crippen molar-refractivity contribution in [2.24, 2.45) is 0 Å². The standard InChI is InChI=1S/C12H22N2O4S/c1-18-9-3-6-14(7-4-9)12(17)13-10(11(15)16)5-8-19-2/h9-10H,3-8H2,1-2H3,(H,13,17)(H,15,16). The molecule has 1 fully saturated rings. The summed E-state index contributed by atoms with van der Waals surface area (Å²) < 4.78 is 5.24. The minimum absolute atomic E-state index is 0.204. The molecule has 0 radical (unpaired) electrons. The van der Waals surface area contributed by atoms with Gasteiger partial charge < -0.3 is 20.1 Å². The Bertz CT molecular complexity index is 306. The molecule has 110 valence electrons. The Morgan fingerprint density at radius 3 is 2.58 bits per heavy atom. The van der Waals surface area contributed by atoms with Gasteiger partial charge in [0.25, 0.3) is 0 Å². The SMILES string of the molecule is COC1CCN(C(=O)NC(CCSC)C(=O)O)CC1. The summed E-state index contributed by atoms with van der Waals surface area (Å²) in [5.41, 5.74) is 0. The molecular formula is C12H22N2O4S. The molecule has 1 atom stereocenters. The van der Waals surface area contributed by atoms with E-state index in [0.29, 0.717) is 25.3 Å². The van der Waals surface area contributed by atoms with E-state index in [9.17, 15) is 9.59 Å². The number of carbonyl (C=O) groups is 2. The first-order valence-electron chi connectivity index (χ1n) is 6.38. The molecule has 1 aliphatic rings. The predicted molar refractivity (Wildman–Crippen MR) is 74.6 cm³/mol. The molecule has 1 unspecified atom stereocenters. The fourth-order valence-corrected chi connectivity index (χ4v) is 2.50. The lowest BCUT2D eigenvalue weighted by molar-refractivity contribution is -0.139. The first-order chi connectivity index (χ1) is 9.08. The number of piperidine rings is 1. The fraction of sp³-hybridized carbons (Fsp3) is 0.833. The third kappa shape index (κ3) is 5.28. The molecule has 7 heteroatoms. The largest absolute Gasteiger partial charge is 0.480 e. The van der Waals surface area contributed by atoms with Gasteiger partial charge in [-0.15, -0.1) is 0 Å². The van der Waals surface area contributed by atoms with Crippen LogP contribution < -0.4 is 5.32 Å². The average Bonchev–Trinajstić information content (AvgIpc) is 2.43. The van der Waals surface area contributed by atoms with Crippen molar-refractivity contribution in [3.63, 3.8) is 0 Å². The first kappa shape index (κ1) is 16.1. The van der Waals surface area contributed by atoms with E-state index >= 15 is 0 Å². The number of nitrogens with zero attached hydrogens (tertiary/aromatic N) is 1. The zero-order valence-corrected chi connectivity index (χ0v) is 12.2. The maximum Gasteiger partial charge on any atom is 0.326 e. The summed E-state index contributed by atoms with van der Waals surface area (Å²) in [6.07, 6.45) is 4.15. The topological polar surface area (TPSA) is 78.9 Å². The van der Waals surface area contributed by atoms with Crippen LogP contribution in [-0.4, -0.2) is 66.4 Å². The number of methoxy groups -OCH3 is 1. The lowest BCUT2D eigenvalue weighted by Crippen LogP contribution is -2.51. The van der Waals surface area contributed by atoms with Crippen LogP contribution in [0.3, 0.4) is 0 Å². The fourth-order valence-electron chi connectivity index (χ4n) is 2.03. The van der Waals surface area contributed by atoms with Crippen LogP contribution in [0.15, 0.2) is 0 Å². The second-order valence-corrected chi connectivity index (χ2v) is 5.53. The second-order valence-electron chi connectivity index (χ2n) is 4.54. The molecule has 0 bridgehead atoms. The molecule has 0 spiro atoms. The molecule has 0 aromatic rings. The number of aliphatic carboxylic acids is 1. The van der Waals surface area contributed by atoms with Crippen LogP contribution in [0.4, 0.5) is 4.79 Å². The Balaban J connectivity index is 2.42. The highest BCUT2D eigenvalue weighted by Crippen LogP contribution is 2.13. The number of rotatable bonds is 6. The monoisotopic (exact) mass is 290 g/mol. The van der Waals surface area contributed by atoms with E-state index in [1.807, 2.05) is 6.26 Å². The van der Waals surface area contributed by atoms with Gasteiger partial charge in [0.15, 0.2) is 0 Å². The predicted octanol–water partition coefficient (Wildman–Crippen LogP) is 1.01. The number of carboxylic acid groups (broad SMARTS) is 1. The highest BCUT2D eigenvalue weighted by atomic mass is 32.2. The molecule has 2 N–H and O–H groups in total. The Hall–Kier alpha value is -0.950. The Morgan fingerprint density at radius 2 is 2.11 bits per heavy atom. The number of carboxylic acids is 1. The summed E-state index contributed by atoms with van der Waals surface area (Å²) in [5.74, 6) is -0.266. The lowest BCUT2D eigenvalue weighted by atomic mass is 10.1. The van der Waals surface area contributed by atoms with Crippen LogP contribution in [0.5, 0.6) is 0 Å². The molecule has 1 heterocycles. The van der Waals surface area contributed by atoms with E-state index in [-0.39, 0.29) is 12.1 Å². The van der Waals surface area contributed by atoms with Crippen molar-refractivity contribution in [3.05, 3.63) is 0 Å². The summed E-state index contributed by atoms with van der Waals surface area (Å²) in [7, 11) is 1.67. The minimum Gasteiger partial charge on any atom is -0.480 e. The van der Waals surface area contributed by atoms with Gasteiger partial charge in [-0.05, 0) is 31.3 Å². The summed E-state index contributed by atoms with van der Waals surface area (Å²) >= 11 is 1.57. The number of ether oxygens (including phenoxy) is 1. The zero-order valence-electron chi connectivity index (χ0n) is 11.4. The number of likely N-dealkylation sites (tertiary alicyclic amines) is 1. The van der Waals surface area contributed by atoms with Gasteiger partial charge in [-0.3, -0.25) is 0 Å². The average molecular weight is 290 g/mol. The summed E-state index contributed by atoms with van der Waals surface area (Å²) in [4.78, 5) is 24.7. The quantitative estimate of drug-likeness (QED) is 0.763. The van der Waals surface area contributed by atoms with Crippen molar-refractivity contribution >= 4 is 23.8 Å². The van der Waals surface area contributed by atoms with Gasteiger partial charge in [0.05, 0.1) is 6.10 Å². The van der Waals surface area contributed by atoms with Crippen LogP contribution in [0, 0.1) is 0 Å². The van der Waals surface area contributed by atoms with Crippen LogP contribution in [0.1, 0.15) is 19.3 Å². The number of amides is 2.